The van der Waals surface area contributed by atoms with Crippen LogP contribution in [0.5, 0.6) is 5.75 Å². The molecule has 1 aliphatic rings. The summed E-state index contributed by atoms with van der Waals surface area (Å²) in [5, 5.41) is 6.55. The van der Waals surface area contributed by atoms with Crippen LogP contribution in [0, 0.1) is 5.92 Å². The number of ether oxygens (including phenoxy) is 1. The van der Waals surface area contributed by atoms with Crippen molar-refractivity contribution in [2.24, 2.45) is 16.6 Å². The Morgan fingerprint density at radius 3 is 2.61 bits per heavy atom. The van der Waals surface area contributed by atoms with Crippen LogP contribution < -0.4 is 21.1 Å². The lowest BCUT2D eigenvalue weighted by Crippen LogP contribution is -2.36. The average Bonchev–Trinajstić information content (AvgIpc) is 3.52. The molecule has 0 aliphatic heterocycles. The second-order valence-corrected chi connectivity index (χ2v) is 6.71. The summed E-state index contributed by atoms with van der Waals surface area (Å²) in [5.41, 5.74) is 7.88. The number of primary amides is 1. The number of para-hydroxylation sites is 1. The van der Waals surface area contributed by atoms with E-state index < -0.39 is 5.91 Å². The summed E-state index contributed by atoms with van der Waals surface area (Å²) in [5.74, 6) is 1.89. The first-order valence-electron chi connectivity index (χ1n) is 9.19. The molecule has 0 spiro atoms. The number of carbonyl (C=O) groups is 1. The van der Waals surface area contributed by atoms with Crippen LogP contribution in [0.4, 0.5) is 0 Å². The van der Waals surface area contributed by atoms with E-state index in [9.17, 15) is 4.79 Å². The Kier molecular flexibility index (Phi) is 8.56. The van der Waals surface area contributed by atoms with Gasteiger partial charge in [-0.15, -0.1) is 24.0 Å². The first kappa shape index (κ1) is 22.0. The molecule has 0 aromatic heterocycles. The fourth-order valence-corrected chi connectivity index (χ4v) is 2.70. The summed E-state index contributed by atoms with van der Waals surface area (Å²) in [6.45, 7) is 1.95. The van der Waals surface area contributed by atoms with E-state index in [1.165, 1.54) is 12.8 Å². The molecule has 2 aromatic rings. The molecular formula is C21H27IN4O2. The number of hydrogen-bond acceptors (Lipinski definition) is 3. The molecule has 150 valence electrons. The van der Waals surface area contributed by atoms with Gasteiger partial charge in [0.2, 0.25) is 5.91 Å². The van der Waals surface area contributed by atoms with Crippen LogP contribution >= 0.6 is 24.0 Å². The van der Waals surface area contributed by atoms with Crippen molar-refractivity contribution >= 4 is 35.8 Å². The van der Waals surface area contributed by atoms with Crippen LogP contribution in [0.2, 0.25) is 0 Å². The summed E-state index contributed by atoms with van der Waals surface area (Å²) >= 11 is 0. The van der Waals surface area contributed by atoms with Crippen LogP contribution in [-0.4, -0.2) is 25.5 Å². The maximum Gasteiger partial charge on any atom is 0.248 e. The van der Waals surface area contributed by atoms with Crippen molar-refractivity contribution in [1.82, 2.24) is 10.6 Å². The van der Waals surface area contributed by atoms with Gasteiger partial charge in [0, 0.05) is 31.3 Å². The van der Waals surface area contributed by atoms with Gasteiger partial charge in [-0.3, -0.25) is 9.79 Å². The lowest BCUT2D eigenvalue weighted by molar-refractivity contribution is 0.1000. The highest BCUT2D eigenvalue weighted by Gasteiger charge is 2.22. The second kappa shape index (κ2) is 10.9. The largest absolute Gasteiger partial charge is 0.493 e. The minimum absolute atomic E-state index is 0. The zero-order valence-corrected chi connectivity index (χ0v) is 18.3. The van der Waals surface area contributed by atoms with E-state index in [1.54, 1.807) is 19.2 Å². The first-order valence-corrected chi connectivity index (χ1v) is 9.19. The summed E-state index contributed by atoms with van der Waals surface area (Å²) in [7, 11) is 1.73. The van der Waals surface area contributed by atoms with Crippen molar-refractivity contribution in [2.45, 2.75) is 25.9 Å². The van der Waals surface area contributed by atoms with Gasteiger partial charge in [0.15, 0.2) is 5.96 Å². The van der Waals surface area contributed by atoms with Gasteiger partial charge in [-0.25, -0.2) is 0 Å². The van der Waals surface area contributed by atoms with Gasteiger partial charge in [0.05, 0.1) is 6.61 Å². The normalized spacial score (nSPS) is 13.4. The molecule has 0 heterocycles. The highest BCUT2D eigenvalue weighted by molar-refractivity contribution is 14.0. The number of guanidine groups is 1. The van der Waals surface area contributed by atoms with Crippen LogP contribution in [0.15, 0.2) is 53.5 Å². The van der Waals surface area contributed by atoms with Gasteiger partial charge in [0.25, 0.3) is 0 Å². The Bertz CT molecular complexity index is 822. The molecule has 3 rings (SSSR count). The fraction of sp³-hybridized carbons (Fsp3) is 0.333. The smallest absolute Gasteiger partial charge is 0.248 e. The first-order chi connectivity index (χ1) is 13.2. The van der Waals surface area contributed by atoms with Crippen molar-refractivity contribution in [3.63, 3.8) is 0 Å². The Morgan fingerprint density at radius 2 is 1.89 bits per heavy atom. The molecule has 28 heavy (non-hydrogen) atoms. The van der Waals surface area contributed by atoms with Gasteiger partial charge in [-0.1, -0.05) is 30.3 Å². The van der Waals surface area contributed by atoms with Crippen LogP contribution in [-0.2, 0) is 13.1 Å². The van der Waals surface area contributed by atoms with Crippen molar-refractivity contribution in [1.29, 1.82) is 0 Å². The predicted octanol–water partition coefficient (Wildman–Crippen LogP) is 3.06. The van der Waals surface area contributed by atoms with E-state index in [2.05, 4.69) is 21.7 Å². The minimum Gasteiger partial charge on any atom is -0.493 e. The number of benzene rings is 2. The average molecular weight is 494 g/mol. The number of nitrogens with one attached hydrogen (secondary N) is 2. The van der Waals surface area contributed by atoms with E-state index in [-0.39, 0.29) is 24.0 Å². The van der Waals surface area contributed by atoms with Gasteiger partial charge >= 0.3 is 0 Å². The highest BCUT2D eigenvalue weighted by Crippen LogP contribution is 2.30. The Balaban J connectivity index is 0.00000280. The van der Waals surface area contributed by atoms with Gasteiger partial charge < -0.3 is 21.1 Å². The molecule has 6 nitrogen and oxygen atoms in total. The molecule has 2 aromatic carbocycles. The lowest BCUT2D eigenvalue weighted by Gasteiger charge is -2.15. The van der Waals surface area contributed by atoms with Gasteiger partial charge in [-0.05, 0) is 42.5 Å². The maximum atomic E-state index is 11.3. The topological polar surface area (TPSA) is 88.7 Å². The quantitative estimate of drug-likeness (QED) is 0.299. The monoisotopic (exact) mass is 494 g/mol. The van der Waals surface area contributed by atoms with Crippen molar-refractivity contribution < 1.29 is 9.53 Å². The summed E-state index contributed by atoms with van der Waals surface area (Å²) < 4.78 is 5.95. The number of aliphatic imine (C=N–C) groups is 1. The zero-order chi connectivity index (χ0) is 19.1. The van der Waals surface area contributed by atoms with E-state index >= 15 is 0 Å². The SMILES string of the molecule is CN=C(NCc1cccc(C(N)=O)c1)NCc1ccccc1OCC1CC1.I. The number of rotatable bonds is 8. The number of nitrogens with zero attached hydrogens (tertiary/aromatic N) is 1. The molecule has 1 amide bonds. The van der Waals surface area contributed by atoms with E-state index in [0.717, 1.165) is 29.4 Å². The number of hydrogen-bond donors (Lipinski definition) is 3. The molecule has 1 aliphatic carbocycles. The highest BCUT2D eigenvalue weighted by atomic mass is 127. The molecule has 0 saturated heterocycles. The van der Waals surface area contributed by atoms with E-state index in [1.807, 2.05) is 30.3 Å². The molecule has 0 bridgehead atoms. The third-order valence-electron chi connectivity index (χ3n) is 4.49. The standard InChI is InChI=1S/C21H26N4O2.HI/c1-23-21(24-12-16-5-4-7-17(11-16)20(22)26)25-13-18-6-2-3-8-19(18)27-14-15-9-10-15;/h2-8,11,15H,9-10,12-14H2,1H3,(H2,22,26)(H2,23,24,25);1H. The second-order valence-electron chi connectivity index (χ2n) is 6.71. The molecular weight excluding hydrogens is 467 g/mol. The molecule has 0 atom stereocenters. The molecule has 4 N–H and O–H groups in total. The Labute approximate surface area is 183 Å². The number of carbonyl (C=O) groups excluding carboxylic acids is 1. The van der Waals surface area contributed by atoms with E-state index in [0.29, 0.717) is 24.6 Å². The van der Waals surface area contributed by atoms with Gasteiger partial charge in [-0.2, -0.15) is 0 Å². The van der Waals surface area contributed by atoms with Crippen molar-refractivity contribution in [2.75, 3.05) is 13.7 Å². The number of nitrogens with two attached hydrogens (primary N) is 1. The van der Waals surface area contributed by atoms with Gasteiger partial charge in [0.1, 0.15) is 5.75 Å². The van der Waals surface area contributed by atoms with Crippen LogP contribution in [0.1, 0.15) is 34.3 Å². The Hall–Kier alpha value is -2.29. The third-order valence-corrected chi connectivity index (χ3v) is 4.49. The molecule has 0 radical (unpaired) electrons. The third kappa shape index (κ3) is 6.70. The fourth-order valence-electron chi connectivity index (χ4n) is 2.70. The summed E-state index contributed by atoms with van der Waals surface area (Å²) in [6, 6.07) is 15.3. The lowest BCUT2D eigenvalue weighted by atomic mass is 10.1. The summed E-state index contributed by atoms with van der Waals surface area (Å²) in [4.78, 5) is 15.5. The minimum atomic E-state index is -0.429. The van der Waals surface area contributed by atoms with E-state index in [4.69, 9.17) is 10.5 Å². The number of halogens is 1. The number of amides is 1. The zero-order valence-electron chi connectivity index (χ0n) is 16.0. The molecule has 1 saturated carbocycles. The predicted molar refractivity (Wildman–Crippen MR) is 122 cm³/mol. The van der Waals surface area contributed by atoms with Crippen LogP contribution in [0.3, 0.4) is 0 Å². The van der Waals surface area contributed by atoms with Crippen molar-refractivity contribution in [3.8, 4) is 5.75 Å². The van der Waals surface area contributed by atoms with Crippen LogP contribution in [0.25, 0.3) is 0 Å². The summed E-state index contributed by atoms with van der Waals surface area (Å²) in [6.07, 6.45) is 2.54. The Morgan fingerprint density at radius 1 is 1.14 bits per heavy atom. The molecule has 7 heteroatoms. The molecule has 0 unspecified atom stereocenters. The molecule has 1 fully saturated rings. The maximum absolute atomic E-state index is 11.3. The van der Waals surface area contributed by atoms with Crippen molar-refractivity contribution in [3.05, 3.63) is 65.2 Å².